The van der Waals surface area contributed by atoms with Crippen molar-refractivity contribution in [3.8, 4) is 10.6 Å². The number of anilines is 2. The molecule has 4 nitrogen and oxygen atoms in total. The van der Waals surface area contributed by atoms with Gasteiger partial charge in [-0.2, -0.15) is 0 Å². The average Bonchev–Trinajstić information content (AvgIpc) is 3.37. The van der Waals surface area contributed by atoms with Crippen LogP contribution in [-0.2, 0) is 0 Å². The van der Waals surface area contributed by atoms with E-state index in [1.807, 2.05) is 11.4 Å². The van der Waals surface area contributed by atoms with Crippen LogP contribution in [0, 0.1) is 11.8 Å². The zero-order valence-electron chi connectivity index (χ0n) is 14.9. The van der Waals surface area contributed by atoms with Crippen LogP contribution in [0.3, 0.4) is 0 Å². The van der Waals surface area contributed by atoms with Crippen molar-refractivity contribution in [3.05, 3.63) is 16.5 Å². The van der Waals surface area contributed by atoms with Gasteiger partial charge in [0.1, 0.15) is 10.7 Å². The molecule has 2 aromatic heterocycles. The van der Waals surface area contributed by atoms with Crippen molar-refractivity contribution in [1.29, 1.82) is 0 Å². The van der Waals surface area contributed by atoms with Gasteiger partial charge in [-0.15, -0.1) is 11.3 Å². The summed E-state index contributed by atoms with van der Waals surface area (Å²) >= 11 is 9.41. The van der Waals surface area contributed by atoms with Crippen LogP contribution in [0.25, 0.3) is 10.6 Å². The van der Waals surface area contributed by atoms with Gasteiger partial charge in [-0.1, -0.05) is 42.2 Å². The van der Waals surface area contributed by atoms with Crippen LogP contribution in [0.15, 0.2) is 11.4 Å². The number of nitrogens with two attached hydrogens (primary N) is 1. The molecule has 0 bridgehead atoms. The Hall–Kier alpha value is -0.820. The number of fused-ring (bicyclic) bond motifs is 1. The molecule has 2 atom stereocenters. The highest BCUT2D eigenvalue weighted by Gasteiger charge is 2.43. The minimum absolute atomic E-state index is 0.653. The number of halogens is 1. The zero-order valence-corrected chi connectivity index (χ0v) is 17.3. The van der Waals surface area contributed by atoms with Crippen LogP contribution in [0.2, 0.25) is 5.02 Å². The van der Waals surface area contributed by atoms with Gasteiger partial charge in [0.25, 0.3) is 0 Å². The molecule has 140 valence electrons. The number of rotatable bonds is 3. The number of likely N-dealkylation sites (tertiary alicyclic amines) is 1. The Balaban J connectivity index is 1.31. The summed E-state index contributed by atoms with van der Waals surface area (Å²) in [4.78, 5) is 11.1. The molecule has 5 rings (SSSR count). The van der Waals surface area contributed by atoms with Crippen LogP contribution in [0.1, 0.15) is 32.1 Å². The number of thiazole rings is 1. The Bertz CT molecular complexity index is 768. The van der Waals surface area contributed by atoms with Crippen molar-refractivity contribution in [2.24, 2.45) is 11.8 Å². The maximum atomic E-state index is 6.13. The average molecular weight is 409 g/mol. The molecule has 3 fully saturated rings. The minimum Gasteiger partial charge on any atom is -0.375 e. The zero-order chi connectivity index (χ0) is 17.7. The van der Waals surface area contributed by atoms with E-state index < -0.39 is 0 Å². The van der Waals surface area contributed by atoms with Gasteiger partial charge < -0.3 is 10.6 Å². The molecule has 26 heavy (non-hydrogen) atoms. The maximum absolute atomic E-state index is 6.13. The van der Waals surface area contributed by atoms with Crippen LogP contribution in [0.5, 0.6) is 0 Å². The summed E-state index contributed by atoms with van der Waals surface area (Å²) < 4.78 is 0. The van der Waals surface area contributed by atoms with E-state index in [9.17, 15) is 0 Å². The molecule has 0 radical (unpaired) electrons. The smallest absolute Gasteiger partial charge is 0.182 e. The molecular formula is C19H25ClN4S2. The molecule has 0 amide bonds. The third kappa shape index (κ3) is 3.15. The highest BCUT2D eigenvalue weighted by atomic mass is 35.5. The fourth-order valence-electron chi connectivity index (χ4n) is 5.08. The lowest BCUT2D eigenvalue weighted by Crippen LogP contribution is -2.37. The highest BCUT2D eigenvalue weighted by Crippen LogP contribution is 2.45. The van der Waals surface area contributed by atoms with Crippen molar-refractivity contribution in [1.82, 2.24) is 9.88 Å². The normalized spacial score (nSPS) is 27.3. The Morgan fingerprint density at radius 1 is 1.08 bits per heavy atom. The lowest BCUT2D eigenvalue weighted by atomic mass is 9.94. The molecule has 2 aromatic rings. The Kier molecular flexibility index (Phi) is 4.63. The maximum Gasteiger partial charge on any atom is 0.182 e. The van der Waals surface area contributed by atoms with Crippen LogP contribution >= 0.6 is 34.3 Å². The molecule has 2 aliphatic heterocycles. The second kappa shape index (κ2) is 6.97. The van der Waals surface area contributed by atoms with Crippen LogP contribution < -0.4 is 10.6 Å². The standard InChI is InChI=1S/C19H25ClN4S2/c20-14-6-16(25-11-14)17-18(26-19(21)22-17)24-9-12-7-23(8-13(12)10-24)15-4-2-1-3-5-15/h6,11-13,15H,1-5,7-10H2,(H2,21,22). The molecule has 3 aliphatic rings. The van der Waals surface area contributed by atoms with E-state index in [1.165, 1.54) is 50.2 Å². The van der Waals surface area contributed by atoms with Crippen LogP contribution in [-0.4, -0.2) is 42.1 Å². The molecule has 1 saturated carbocycles. The van der Waals surface area contributed by atoms with E-state index in [1.54, 1.807) is 22.7 Å². The fraction of sp³-hybridized carbons (Fsp3) is 0.632. The van der Waals surface area contributed by atoms with Gasteiger partial charge in [-0.25, -0.2) is 4.98 Å². The predicted molar refractivity (Wildman–Crippen MR) is 112 cm³/mol. The van der Waals surface area contributed by atoms with Crippen molar-refractivity contribution in [2.75, 3.05) is 36.8 Å². The molecule has 0 aromatic carbocycles. The summed E-state index contributed by atoms with van der Waals surface area (Å²) in [6.45, 7) is 4.84. The second-order valence-electron chi connectivity index (χ2n) is 8.01. The quantitative estimate of drug-likeness (QED) is 0.791. The van der Waals surface area contributed by atoms with Gasteiger partial charge in [-0.05, 0) is 30.7 Å². The number of thiophene rings is 1. The molecule has 1 aliphatic carbocycles. The second-order valence-corrected chi connectivity index (χ2v) is 10.4. The van der Waals surface area contributed by atoms with E-state index in [2.05, 4.69) is 14.8 Å². The molecule has 4 heterocycles. The summed E-state index contributed by atoms with van der Waals surface area (Å²) in [6, 6.07) is 2.86. The first-order valence-electron chi connectivity index (χ1n) is 9.67. The van der Waals surface area contributed by atoms with Gasteiger partial charge in [0.15, 0.2) is 5.13 Å². The molecule has 2 unspecified atom stereocenters. The summed E-state index contributed by atoms with van der Waals surface area (Å²) in [5.41, 5.74) is 7.09. The fourth-order valence-corrected chi connectivity index (χ4v) is 7.07. The van der Waals surface area contributed by atoms with Gasteiger partial charge in [0.2, 0.25) is 0 Å². The third-order valence-electron chi connectivity index (χ3n) is 6.32. The minimum atomic E-state index is 0.653. The van der Waals surface area contributed by atoms with Gasteiger partial charge in [0.05, 0.1) is 9.90 Å². The summed E-state index contributed by atoms with van der Waals surface area (Å²) in [5.74, 6) is 1.58. The molecule has 2 saturated heterocycles. The largest absolute Gasteiger partial charge is 0.375 e. The molecule has 7 heteroatoms. The summed E-state index contributed by atoms with van der Waals surface area (Å²) in [6.07, 6.45) is 7.12. The highest BCUT2D eigenvalue weighted by molar-refractivity contribution is 7.20. The monoisotopic (exact) mass is 408 g/mol. The van der Waals surface area contributed by atoms with Crippen molar-refractivity contribution in [3.63, 3.8) is 0 Å². The van der Waals surface area contributed by atoms with Gasteiger partial charge in [0, 0.05) is 37.6 Å². The van der Waals surface area contributed by atoms with E-state index in [4.69, 9.17) is 17.3 Å². The number of hydrogen-bond donors (Lipinski definition) is 1. The van der Waals surface area contributed by atoms with Gasteiger partial charge >= 0.3 is 0 Å². The van der Waals surface area contributed by atoms with E-state index >= 15 is 0 Å². The van der Waals surface area contributed by atoms with Gasteiger partial charge in [-0.3, -0.25) is 4.90 Å². The lowest BCUT2D eigenvalue weighted by molar-refractivity contribution is 0.180. The molecule has 0 spiro atoms. The number of hydrogen-bond acceptors (Lipinski definition) is 6. The third-order valence-corrected chi connectivity index (χ3v) is 8.55. The molecule has 2 N–H and O–H groups in total. The van der Waals surface area contributed by atoms with E-state index in [0.717, 1.165) is 46.6 Å². The number of nitrogens with zero attached hydrogens (tertiary/aromatic N) is 3. The lowest BCUT2D eigenvalue weighted by Gasteiger charge is -2.32. The number of aromatic nitrogens is 1. The Morgan fingerprint density at radius 3 is 2.46 bits per heavy atom. The first kappa shape index (κ1) is 17.3. The van der Waals surface area contributed by atoms with Crippen molar-refractivity contribution < 1.29 is 0 Å². The van der Waals surface area contributed by atoms with E-state index in [0.29, 0.717) is 5.13 Å². The Labute approximate surface area is 168 Å². The van der Waals surface area contributed by atoms with E-state index in [-0.39, 0.29) is 0 Å². The van der Waals surface area contributed by atoms with Crippen LogP contribution in [0.4, 0.5) is 10.1 Å². The first-order valence-corrected chi connectivity index (χ1v) is 11.7. The SMILES string of the molecule is Nc1nc(-c2cc(Cl)cs2)c(N2CC3CN(C4CCCCC4)CC3C2)s1. The van der Waals surface area contributed by atoms with Crippen molar-refractivity contribution in [2.45, 2.75) is 38.1 Å². The summed E-state index contributed by atoms with van der Waals surface area (Å²) in [5, 5.41) is 4.64. The first-order chi connectivity index (χ1) is 12.7. The predicted octanol–water partition coefficient (Wildman–Crippen LogP) is 4.81. The molecular weight excluding hydrogens is 384 g/mol. The number of nitrogen functional groups attached to an aromatic ring is 1. The summed E-state index contributed by atoms with van der Waals surface area (Å²) in [7, 11) is 0. The topological polar surface area (TPSA) is 45.4 Å². The van der Waals surface area contributed by atoms with Crippen molar-refractivity contribution >= 4 is 44.4 Å². The Morgan fingerprint density at radius 2 is 1.81 bits per heavy atom.